The van der Waals surface area contributed by atoms with Gasteiger partial charge in [0.25, 0.3) is 5.91 Å². The van der Waals surface area contributed by atoms with Gasteiger partial charge in [0.05, 0.1) is 0 Å². The van der Waals surface area contributed by atoms with Crippen LogP contribution in [0.2, 0.25) is 0 Å². The van der Waals surface area contributed by atoms with Crippen LogP contribution in [0.3, 0.4) is 0 Å². The van der Waals surface area contributed by atoms with Crippen LogP contribution < -0.4 is 15.6 Å². The van der Waals surface area contributed by atoms with Crippen LogP contribution in [0.25, 0.3) is 0 Å². The molecule has 1 heterocycles. The average Bonchev–Trinajstić information content (AvgIpc) is 3.09. The van der Waals surface area contributed by atoms with Gasteiger partial charge in [-0.15, -0.1) is 10.1 Å². The summed E-state index contributed by atoms with van der Waals surface area (Å²) in [5.41, 5.74) is 6.40. The highest BCUT2D eigenvalue weighted by molar-refractivity contribution is 5.98. The number of hydrogen-bond donors (Lipinski definition) is 2. The molecule has 1 aliphatic heterocycles. The van der Waals surface area contributed by atoms with E-state index in [1.807, 2.05) is 85.9 Å². The predicted molar refractivity (Wildman–Crippen MR) is 121 cm³/mol. The fourth-order valence-corrected chi connectivity index (χ4v) is 3.66. The summed E-state index contributed by atoms with van der Waals surface area (Å²) >= 11 is 0. The first-order chi connectivity index (χ1) is 15.0. The molecule has 1 aliphatic rings. The summed E-state index contributed by atoms with van der Waals surface area (Å²) in [7, 11) is 3.98. The molecular formula is C25H25N4O2+. The molecule has 2 atom stereocenters. The number of anilines is 1. The van der Waals surface area contributed by atoms with E-state index in [0.717, 1.165) is 16.8 Å². The van der Waals surface area contributed by atoms with E-state index in [4.69, 9.17) is 0 Å². The largest absolute Gasteiger partial charge is 0.378 e. The van der Waals surface area contributed by atoms with Crippen molar-refractivity contribution < 1.29 is 14.3 Å². The number of rotatable bonds is 5. The summed E-state index contributed by atoms with van der Waals surface area (Å²) in [5, 5.41) is 2.91. The van der Waals surface area contributed by atoms with Gasteiger partial charge in [0.2, 0.25) is 12.3 Å². The summed E-state index contributed by atoms with van der Waals surface area (Å²) < 4.78 is 1.78. The summed E-state index contributed by atoms with van der Waals surface area (Å²) in [6.45, 7) is 0. The Morgan fingerprint density at radius 2 is 1.55 bits per heavy atom. The predicted octanol–water partition coefficient (Wildman–Crippen LogP) is 2.77. The van der Waals surface area contributed by atoms with Crippen LogP contribution in [0.5, 0.6) is 0 Å². The van der Waals surface area contributed by atoms with Crippen molar-refractivity contribution >= 4 is 23.7 Å². The number of carbonyl (C=O) groups is 2. The summed E-state index contributed by atoms with van der Waals surface area (Å²) in [6, 6.07) is 25.6. The highest BCUT2D eigenvalue weighted by Crippen LogP contribution is 2.25. The molecule has 1 fully saturated rings. The van der Waals surface area contributed by atoms with Crippen molar-refractivity contribution in [2.45, 2.75) is 12.1 Å². The van der Waals surface area contributed by atoms with E-state index < -0.39 is 6.04 Å². The number of benzene rings is 3. The molecule has 0 unspecified atom stereocenters. The standard InChI is InChI=1S/C25H24N4O2/c1-28(2)21-15-13-18(14-16-21)17-29-23(19-9-5-3-6-10-19)22(25(31)27-29)26-24(30)20-11-7-4-8-12-20/h3-17,22-23H,1-2H3,(H-,26,27,30,31)/p+1/t22-,23+/m0/s1. The summed E-state index contributed by atoms with van der Waals surface area (Å²) in [6.07, 6.45) is 1.89. The van der Waals surface area contributed by atoms with E-state index in [1.54, 1.807) is 28.9 Å². The van der Waals surface area contributed by atoms with Crippen LogP contribution in [-0.4, -0.2) is 42.9 Å². The number of hydrogen-bond acceptors (Lipinski definition) is 3. The molecule has 0 spiro atoms. The van der Waals surface area contributed by atoms with E-state index in [9.17, 15) is 9.59 Å². The first-order valence-electron chi connectivity index (χ1n) is 10.1. The number of amides is 2. The Balaban J connectivity index is 1.67. The van der Waals surface area contributed by atoms with E-state index in [-0.39, 0.29) is 17.9 Å². The topological polar surface area (TPSA) is 64.5 Å². The molecule has 0 bridgehead atoms. The third-order valence-corrected chi connectivity index (χ3v) is 5.30. The van der Waals surface area contributed by atoms with Crippen molar-refractivity contribution in [3.63, 3.8) is 0 Å². The number of hydrazine groups is 1. The van der Waals surface area contributed by atoms with E-state index in [1.165, 1.54) is 0 Å². The quantitative estimate of drug-likeness (QED) is 0.633. The molecule has 6 nitrogen and oxygen atoms in total. The van der Waals surface area contributed by atoms with Gasteiger partial charge in [0, 0.05) is 36.5 Å². The lowest BCUT2D eigenvalue weighted by molar-refractivity contribution is -0.596. The van der Waals surface area contributed by atoms with Gasteiger partial charge in [0.1, 0.15) is 0 Å². The Labute approximate surface area is 181 Å². The van der Waals surface area contributed by atoms with Gasteiger partial charge in [-0.05, 0) is 36.4 Å². The zero-order chi connectivity index (χ0) is 21.8. The third kappa shape index (κ3) is 4.48. The minimum atomic E-state index is -0.729. The van der Waals surface area contributed by atoms with Crippen molar-refractivity contribution in [2.24, 2.45) is 0 Å². The van der Waals surface area contributed by atoms with Crippen LogP contribution >= 0.6 is 0 Å². The molecule has 0 saturated carbocycles. The molecule has 2 N–H and O–H groups in total. The van der Waals surface area contributed by atoms with Gasteiger partial charge in [-0.25, -0.2) is 0 Å². The number of nitrogens with one attached hydrogen (secondary N) is 2. The third-order valence-electron chi connectivity index (χ3n) is 5.30. The lowest BCUT2D eigenvalue weighted by Gasteiger charge is -2.15. The normalized spacial score (nSPS) is 19.2. The van der Waals surface area contributed by atoms with E-state index in [0.29, 0.717) is 5.56 Å². The van der Waals surface area contributed by atoms with Gasteiger partial charge in [-0.3, -0.25) is 9.59 Å². The first kappa shape index (κ1) is 20.3. The van der Waals surface area contributed by atoms with Gasteiger partial charge in [-0.2, -0.15) is 0 Å². The molecule has 6 heteroatoms. The highest BCUT2D eigenvalue weighted by Gasteiger charge is 2.47. The number of nitrogens with zero attached hydrogens (tertiary/aromatic N) is 2. The van der Waals surface area contributed by atoms with Crippen molar-refractivity contribution in [1.29, 1.82) is 0 Å². The van der Waals surface area contributed by atoms with Gasteiger partial charge < -0.3 is 10.2 Å². The van der Waals surface area contributed by atoms with Gasteiger partial charge >= 0.3 is 5.91 Å². The monoisotopic (exact) mass is 413 g/mol. The molecule has 0 aromatic heterocycles. The minimum absolute atomic E-state index is 0.251. The van der Waals surface area contributed by atoms with Crippen molar-refractivity contribution in [3.05, 3.63) is 102 Å². The highest BCUT2D eigenvalue weighted by atomic mass is 16.2. The lowest BCUT2D eigenvalue weighted by Crippen LogP contribution is -2.42. The second-order valence-electron chi connectivity index (χ2n) is 7.67. The molecule has 0 aliphatic carbocycles. The number of hydrazone groups is 1. The fraction of sp³-hybridized carbons (Fsp3) is 0.160. The fourth-order valence-electron chi connectivity index (χ4n) is 3.66. The summed E-state index contributed by atoms with van der Waals surface area (Å²) in [5.74, 6) is -0.529. The Morgan fingerprint density at radius 3 is 2.16 bits per heavy atom. The smallest absolute Gasteiger partial charge is 0.304 e. The molecule has 31 heavy (non-hydrogen) atoms. The van der Waals surface area contributed by atoms with Crippen molar-refractivity contribution in [1.82, 2.24) is 10.7 Å². The van der Waals surface area contributed by atoms with E-state index in [2.05, 4.69) is 10.7 Å². The second-order valence-corrected chi connectivity index (χ2v) is 7.67. The Kier molecular flexibility index (Phi) is 5.80. The summed E-state index contributed by atoms with van der Waals surface area (Å²) in [4.78, 5) is 27.7. The Morgan fingerprint density at radius 1 is 0.935 bits per heavy atom. The average molecular weight is 414 g/mol. The van der Waals surface area contributed by atoms with Gasteiger partial charge in [0.15, 0.2) is 6.04 Å². The van der Waals surface area contributed by atoms with E-state index >= 15 is 0 Å². The molecule has 0 radical (unpaired) electrons. The Hall–Kier alpha value is -3.93. The zero-order valence-electron chi connectivity index (χ0n) is 17.5. The molecular weight excluding hydrogens is 388 g/mol. The first-order valence-corrected chi connectivity index (χ1v) is 10.1. The maximum Gasteiger partial charge on any atom is 0.304 e. The van der Waals surface area contributed by atoms with Crippen molar-refractivity contribution in [2.75, 3.05) is 19.0 Å². The number of carbonyl (C=O) groups excluding carboxylic acids is 2. The van der Waals surface area contributed by atoms with Crippen LogP contribution in [0, 0.1) is 0 Å². The van der Waals surface area contributed by atoms with Crippen molar-refractivity contribution in [3.8, 4) is 0 Å². The zero-order valence-corrected chi connectivity index (χ0v) is 17.5. The van der Waals surface area contributed by atoms with Crippen LogP contribution in [0.15, 0.2) is 84.9 Å². The maximum atomic E-state index is 12.9. The minimum Gasteiger partial charge on any atom is -0.378 e. The van der Waals surface area contributed by atoms with Crippen LogP contribution in [-0.2, 0) is 4.79 Å². The molecule has 1 saturated heterocycles. The van der Waals surface area contributed by atoms with Crippen LogP contribution in [0.1, 0.15) is 27.5 Å². The Bertz CT molecular complexity index is 1090. The molecule has 4 rings (SSSR count). The molecule has 2 amide bonds. The molecule has 3 aromatic rings. The molecule has 156 valence electrons. The van der Waals surface area contributed by atoms with Crippen LogP contribution in [0.4, 0.5) is 5.69 Å². The molecule has 3 aromatic carbocycles. The lowest BCUT2D eigenvalue weighted by atomic mass is 10.00. The second kappa shape index (κ2) is 8.83. The van der Waals surface area contributed by atoms with Gasteiger partial charge in [-0.1, -0.05) is 48.5 Å². The maximum absolute atomic E-state index is 12.9. The SMILES string of the molecule is CN(C)c1ccc(/C=[N+]2\NC(=O)[C@@H](NC(=O)c3ccccc3)[C@H]2c2ccccc2)cc1.